The Hall–Kier alpha value is -3.23. The van der Waals surface area contributed by atoms with E-state index in [0.717, 1.165) is 11.1 Å². The number of amides is 2. The molecule has 0 saturated carbocycles. The van der Waals surface area contributed by atoms with Crippen LogP contribution >= 0.6 is 0 Å². The average Bonchev–Trinajstić information content (AvgIpc) is 3.22. The van der Waals surface area contributed by atoms with Gasteiger partial charge in [0.1, 0.15) is 13.2 Å². The number of carbonyl (C=O) groups is 2. The second-order valence-electron chi connectivity index (χ2n) is 7.01. The number of hydrogen-bond donors (Lipinski definition) is 3. The fraction of sp³-hybridized carbons (Fsp3) is 0.318. The van der Waals surface area contributed by atoms with Gasteiger partial charge >= 0.3 is 0 Å². The van der Waals surface area contributed by atoms with Crippen LogP contribution in [-0.2, 0) is 9.63 Å². The van der Waals surface area contributed by atoms with Gasteiger partial charge in [-0.3, -0.25) is 9.59 Å². The van der Waals surface area contributed by atoms with Crippen molar-refractivity contribution in [2.45, 2.75) is 18.5 Å². The number of aliphatic hydroxyl groups is 2. The summed E-state index contributed by atoms with van der Waals surface area (Å²) in [6, 6.07) is 15.4. The van der Waals surface area contributed by atoms with E-state index in [1.54, 1.807) is 12.1 Å². The molecule has 1 aliphatic rings. The third kappa shape index (κ3) is 4.84. The smallest absolute Gasteiger partial charge is 0.254 e. The first-order valence-corrected chi connectivity index (χ1v) is 9.64. The van der Waals surface area contributed by atoms with Gasteiger partial charge in [-0.15, -0.1) is 0 Å². The highest BCUT2D eigenvalue weighted by molar-refractivity contribution is 6.05. The van der Waals surface area contributed by atoms with Crippen molar-refractivity contribution in [3.05, 3.63) is 60.2 Å². The van der Waals surface area contributed by atoms with Gasteiger partial charge in [-0.2, -0.15) is 0 Å². The molecule has 1 heterocycles. The molecule has 1 saturated heterocycles. The minimum absolute atomic E-state index is 0.161. The summed E-state index contributed by atoms with van der Waals surface area (Å²) in [5.74, 6) is -0.765. The number of oxime groups is 1. The molecular weight excluding hydrogens is 386 g/mol. The van der Waals surface area contributed by atoms with E-state index >= 15 is 0 Å². The van der Waals surface area contributed by atoms with Gasteiger partial charge < -0.3 is 25.3 Å². The molecule has 0 unspecified atom stereocenters. The van der Waals surface area contributed by atoms with Gasteiger partial charge in [0, 0.05) is 12.0 Å². The molecule has 2 aromatic rings. The zero-order valence-electron chi connectivity index (χ0n) is 16.7. The predicted octanol–water partition coefficient (Wildman–Crippen LogP) is 1.04. The van der Waals surface area contributed by atoms with E-state index in [4.69, 9.17) is 4.84 Å². The maximum absolute atomic E-state index is 13.1. The van der Waals surface area contributed by atoms with Crippen molar-refractivity contribution in [3.8, 4) is 11.1 Å². The monoisotopic (exact) mass is 411 g/mol. The molecule has 1 atom stereocenters. The summed E-state index contributed by atoms with van der Waals surface area (Å²) in [5.41, 5.74) is 3.05. The molecule has 0 bridgehead atoms. The highest BCUT2D eigenvalue weighted by Crippen LogP contribution is 2.23. The van der Waals surface area contributed by atoms with Crippen molar-refractivity contribution < 1.29 is 24.6 Å². The Bertz CT molecular complexity index is 895. The van der Waals surface area contributed by atoms with E-state index < -0.39 is 31.2 Å². The van der Waals surface area contributed by atoms with Gasteiger partial charge in [0.2, 0.25) is 5.91 Å². The highest BCUT2D eigenvalue weighted by Gasteiger charge is 2.39. The summed E-state index contributed by atoms with van der Waals surface area (Å²) in [6.45, 7) is -0.639. The van der Waals surface area contributed by atoms with E-state index in [1.807, 2.05) is 42.5 Å². The van der Waals surface area contributed by atoms with Crippen molar-refractivity contribution in [1.82, 2.24) is 10.2 Å². The molecule has 30 heavy (non-hydrogen) atoms. The Morgan fingerprint density at radius 1 is 1.10 bits per heavy atom. The van der Waals surface area contributed by atoms with E-state index in [9.17, 15) is 19.8 Å². The van der Waals surface area contributed by atoms with Crippen molar-refractivity contribution in [3.63, 3.8) is 0 Å². The van der Waals surface area contributed by atoms with Gasteiger partial charge in [-0.05, 0) is 23.3 Å². The number of nitrogens with one attached hydrogen (secondary N) is 1. The normalized spacial score (nSPS) is 17.4. The van der Waals surface area contributed by atoms with Gasteiger partial charge in [-0.25, -0.2) is 0 Å². The zero-order valence-corrected chi connectivity index (χ0v) is 16.7. The number of hydrogen-bond acceptors (Lipinski definition) is 6. The summed E-state index contributed by atoms with van der Waals surface area (Å²) in [4.78, 5) is 32.1. The number of nitrogens with zero attached hydrogens (tertiary/aromatic N) is 2. The molecule has 0 aromatic heterocycles. The van der Waals surface area contributed by atoms with Crippen LogP contribution in [0.3, 0.4) is 0 Å². The maximum atomic E-state index is 13.1. The molecule has 8 nitrogen and oxygen atoms in total. The molecule has 1 aliphatic heterocycles. The fourth-order valence-electron chi connectivity index (χ4n) is 3.40. The lowest BCUT2D eigenvalue weighted by Gasteiger charge is -2.25. The Morgan fingerprint density at radius 2 is 1.73 bits per heavy atom. The topological polar surface area (TPSA) is 111 Å². The van der Waals surface area contributed by atoms with Crippen molar-refractivity contribution in [2.24, 2.45) is 5.16 Å². The summed E-state index contributed by atoms with van der Waals surface area (Å²) < 4.78 is 0. The first-order valence-electron chi connectivity index (χ1n) is 9.64. The van der Waals surface area contributed by atoms with Crippen LogP contribution in [0.25, 0.3) is 11.1 Å². The molecule has 2 aromatic carbocycles. The second kappa shape index (κ2) is 10.00. The predicted molar refractivity (Wildman–Crippen MR) is 112 cm³/mol. The zero-order chi connectivity index (χ0) is 21.5. The average molecular weight is 411 g/mol. The van der Waals surface area contributed by atoms with E-state index in [1.165, 1.54) is 12.0 Å². The lowest BCUT2D eigenvalue weighted by Crippen LogP contribution is -2.50. The molecule has 8 heteroatoms. The molecule has 158 valence electrons. The van der Waals surface area contributed by atoms with Crippen molar-refractivity contribution >= 4 is 17.5 Å². The minimum atomic E-state index is -0.805. The lowest BCUT2D eigenvalue weighted by atomic mass is 10.0. The van der Waals surface area contributed by atoms with Crippen LogP contribution in [0.5, 0.6) is 0 Å². The molecule has 0 spiro atoms. The number of aliphatic hydroxyl groups excluding tert-OH is 2. The number of likely N-dealkylation sites (tertiary alicyclic amines) is 1. The highest BCUT2D eigenvalue weighted by atomic mass is 16.6. The van der Waals surface area contributed by atoms with Crippen LogP contribution < -0.4 is 5.32 Å². The van der Waals surface area contributed by atoms with Gasteiger partial charge in [0.15, 0.2) is 0 Å². The summed E-state index contributed by atoms with van der Waals surface area (Å²) >= 11 is 0. The van der Waals surface area contributed by atoms with Gasteiger partial charge in [0.25, 0.3) is 5.91 Å². The van der Waals surface area contributed by atoms with E-state index in [2.05, 4.69) is 10.5 Å². The molecule has 2 amide bonds. The first-order chi connectivity index (χ1) is 14.6. The maximum Gasteiger partial charge on any atom is 0.254 e. The lowest BCUT2D eigenvalue weighted by molar-refractivity contribution is -0.126. The number of benzene rings is 2. The third-order valence-corrected chi connectivity index (χ3v) is 4.97. The van der Waals surface area contributed by atoms with Gasteiger partial charge in [-0.1, -0.05) is 47.6 Å². The molecule has 0 radical (unpaired) electrons. The van der Waals surface area contributed by atoms with Gasteiger partial charge in [0.05, 0.1) is 31.5 Å². The molecule has 3 rings (SSSR count). The van der Waals surface area contributed by atoms with Crippen LogP contribution in [0, 0.1) is 0 Å². The Kier molecular flexibility index (Phi) is 7.16. The van der Waals surface area contributed by atoms with Crippen LogP contribution in [0.4, 0.5) is 0 Å². The molecule has 1 fully saturated rings. The molecule has 3 N–H and O–H groups in total. The summed E-state index contributed by atoms with van der Waals surface area (Å²) in [7, 11) is 1.41. The minimum Gasteiger partial charge on any atom is -0.399 e. The van der Waals surface area contributed by atoms with Crippen molar-refractivity contribution in [1.29, 1.82) is 0 Å². The Labute approximate surface area is 174 Å². The van der Waals surface area contributed by atoms with Crippen LogP contribution in [0.1, 0.15) is 16.8 Å². The summed E-state index contributed by atoms with van der Waals surface area (Å²) in [6.07, 6.45) is 0.219. The largest absolute Gasteiger partial charge is 0.399 e. The van der Waals surface area contributed by atoms with Crippen molar-refractivity contribution in [2.75, 3.05) is 26.9 Å². The fourth-order valence-corrected chi connectivity index (χ4v) is 3.40. The van der Waals surface area contributed by atoms with Crippen LogP contribution in [-0.4, -0.2) is 71.6 Å². The van der Waals surface area contributed by atoms with E-state index in [0.29, 0.717) is 11.3 Å². The number of rotatable bonds is 7. The number of carbonyl (C=O) groups excluding carboxylic acids is 2. The molecule has 0 aliphatic carbocycles. The SMILES string of the molecule is CON=C1C[C@@H](C(=O)NC(CO)CO)N(C(=O)c2ccc(-c3ccccc3)cc2)C1. The first kappa shape index (κ1) is 21.5. The van der Waals surface area contributed by atoms with Crippen LogP contribution in [0.2, 0.25) is 0 Å². The standard InChI is InChI=1S/C22H25N3O5/c1-30-24-18-11-20(21(28)23-19(13-26)14-27)25(12-18)22(29)17-9-7-16(8-10-17)15-5-3-2-4-6-15/h2-10,19-20,26-27H,11-14H2,1H3,(H,23,28)/t20-/m0/s1. The second-order valence-corrected chi connectivity index (χ2v) is 7.01. The molecular formula is C22H25N3O5. The summed E-state index contributed by atoms with van der Waals surface area (Å²) in [5, 5.41) is 24.9. The Morgan fingerprint density at radius 3 is 2.33 bits per heavy atom. The Balaban J connectivity index is 1.80. The van der Waals surface area contributed by atoms with E-state index in [-0.39, 0.29) is 18.9 Å². The quantitative estimate of drug-likeness (QED) is 0.590. The van der Waals surface area contributed by atoms with Crippen LogP contribution in [0.15, 0.2) is 59.8 Å². The third-order valence-electron chi connectivity index (χ3n) is 4.97.